The molecule has 0 saturated heterocycles. The maximum absolute atomic E-state index is 13.3. The lowest BCUT2D eigenvalue weighted by molar-refractivity contribution is 0.318. The van der Waals surface area contributed by atoms with E-state index in [0.717, 1.165) is 19.3 Å². The highest BCUT2D eigenvalue weighted by atomic mass is 19.1. The Morgan fingerprint density at radius 1 is 1.14 bits per heavy atom. The van der Waals surface area contributed by atoms with Gasteiger partial charge in [-0.1, -0.05) is 11.2 Å². The molecule has 0 aliphatic heterocycles. The van der Waals surface area contributed by atoms with E-state index in [-0.39, 0.29) is 11.4 Å². The van der Waals surface area contributed by atoms with Crippen LogP contribution in [0, 0.1) is 5.82 Å². The monoisotopic (exact) mass is 286 g/mol. The third kappa shape index (κ3) is 2.67. The van der Waals surface area contributed by atoms with Crippen molar-refractivity contribution in [3.63, 3.8) is 0 Å². The number of rotatable bonds is 3. The number of ether oxygens (including phenoxy) is 1. The molecule has 0 bridgehead atoms. The first kappa shape index (κ1) is 13.4. The van der Waals surface area contributed by atoms with Crippen LogP contribution in [0.1, 0.15) is 23.1 Å². The number of aryl methyl sites for hydroxylation is 2. The Labute approximate surface area is 121 Å². The third-order valence-corrected chi connectivity index (χ3v) is 3.62. The molecule has 3 N–H and O–H groups in total. The van der Waals surface area contributed by atoms with Crippen LogP contribution in [0.25, 0.3) is 0 Å². The Kier molecular flexibility index (Phi) is 3.48. The zero-order chi connectivity index (χ0) is 14.8. The van der Waals surface area contributed by atoms with Crippen molar-refractivity contribution in [2.75, 3.05) is 0 Å². The first-order valence-electron chi connectivity index (χ1n) is 6.74. The lowest BCUT2D eigenvalue weighted by Crippen LogP contribution is -2.14. The fraction of sp³-hybridized carbons (Fsp3) is 0.188. The van der Waals surface area contributed by atoms with Gasteiger partial charge in [0.2, 0.25) is 0 Å². The summed E-state index contributed by atoms with van der Waals surface area (Å²) in [5, 5.41) is 11.7. The van der Waals surface area contributed by atoms with Crippen LogP contribution < -0.4 is 10.5 Å². The van der Waals surface area contributed by atoms with Gasteiger partial charge in [0.1, 0.15) is 17.3 Å². The van der Waals surface area contributed by atoms with Crippen LogP contribution in [-0.2, 0) is 12.8 Å². The van der Waals surface area contributed by atoms with Gasteiger partial charge in [0.25, 0.3) is 0 Å². The van der Waals surface area contributed by atoms with Crippen molar-refractivity contribution in [3.8, 4) is 11.5 Å². The number of nitrogens with two attached hydrogens (primary N) is 1. The number of amidine groups is 1. The molecule has 0 amide bonds. The minimum Gasteiger partial charge on any atom is -0.457 e. The highest BCUT2D eigenvalue weighted by Gasteiger charge is 2.14. The number of hydrogen-bond donors (Lipinski definition) is 2. The lowest BCUT2D eigenvalue weighted by atomic mass is 10.1. The van der Waals surface area contributed by atoms with Crippen LogP contribution in [0.3, 0.4) is 0 Å². The van der Waals surface area contributed by atoms with Gasteiger partial charge >= 0.3 is 0 Å². The average Bonchev–Trinajstić information content (AvgIpc) is 2.96. The van der Waals surface area contributed by atoms with E-state index in [9.17, 15) is 4.39 Å². The Bertz CT molecular complexity index is 713. The number of hydrogen-bond acceptors (Lipinski definition) is 3. The molecule has 4 nitrogen and oxygen atoms in total. The maximum Gasteiger partial charge on any atom is 0.173 e. The lowest BCUT2D eigenvalue weighted by Gasteiger charge is -2.11. The summed E-state index contributed by atoms with van der Waals surface area (Å²) in [5.41, 5.74) is 8.40. The molecule has 108 valence electrons. The smallest absolute Gasteiger partial charge is 0.173 e. The van der Waals surface area contributed by atoms with Gasteiger partial charge in [0.15, 0.2) is 5.84 Å². The summed E-state index contributed by atoms with van der Waals surface area (Å²) in [5.74, 6) is 0.349. The van der Waals surface area contributed by atoms with E-state index in [0.29, 0.717) is 11.5 Å². The molecule has 2 aromatic carbocycles. The van der Waals surface area contributed by atoms with Crippen LogP contribution in [0.2, 0.25) is 0 Å². The van der Waals surface area contributed by atoms with Crippen LogP contribution in [0.5, 0.6) is 11.5 Å². The Morgan fingerprint density at radius 3 is 2.76 bits per heavy atom. The summed E-state index contributed by atoms with van der Waals surface area (Å²) in [6, 6.07) is 9.83. The fourth-order valence-corrected chi connectivity index (χ4v) is 2.58. The molecule has 3 rings (SSSR count). The van der Waals surface area contributed by atoms with Crippen molar-refractivity contribution < 1.29 is 14.3 Å². The molecule has 0 saturated carbocycles. The summed E-state index contributed by atoms with van der Waals surface area (Å²) in [4.78, 5) is 0. The number of halogens is 1. The molecule has 2 aromatic rings. The van der Waals surface area contributed by atoms with Crippen molar-refractivity contribution in [3.05, 3.63) is 58.9 Å². The van der Waals surface area contributed by atoms with E-state index in [4.69, 9.17) is 15.7 Å². The van der Waals surface area contributed by atoms with E-state index in [2.05, 4.69) is 5.16 Å². The van der Waals surface area contributed by atoms with E-state index in [1.165, 1.54) is 29.3 Å². The minimum absolute atomic E-state index is 0.189. The zero-order valence-electron chi connectivity index (χ0n) is 11.3. The van der Waals surface area contributed by atoms with Crippen LogP contribution >= 0.6 is 0 Å². The standard InChI is InChI=1S/C16H15FN2O2/c17-12-5-7-15(14(9-12)16(18)19-20)21-13-6-4-10-2-1-3-11(10)8-13/h4-9,20H,1-3H2,(H2,18,19). The molecule has 0 heterocycles. The summed E-state index contributed by atoms with van der Waals surface area (Å²) in [7, 11) is 0. The molecule has 1 aliphatic rings. The predicted molar refractivity (Wildman–Crippen MR) is 77.5 cm³/mol. The molecule has 21 heavy (non-hydrogen) atoms. The molecule has 0 aromatic heterocycles. The summed E-state index contributed by atoms with van der Waals surface area (Å²) in [6.45, 7) is 0. The summed E-state index contributed by atoms with van der Waals surface area (Å²) >= 11 is 0. The summed E-state index contributed by atoms with van der Waals surface area (Å²) in [6.07, 6.45) is 3.30. The van der Waals surface area contributed by atoms with Crippen LogP contribution in [0.4, 0.5) is 4.39 Å². The van der Waals surface area contributed by atoms with Crippen molar-refractivity contribution >= 4 is 5.84 Å². The van der Waals surface area contributed by atoms with Gasteiger partial charge in [-0.3, -0.25) is 0 Å². The molecule has 5 heteroatoms. The van der Waals surface area contributed by atoms with E-state index in [1.54, 1.807) is 0 Å². The molecule has 0 spiro atoms. The maximum atomic E-state index is 13.3. The highest BCUT2D eigenvalue weighted by Crippen LogP contribution is 2.30. The van der Waals surface area contributed by atoms with Gasteiger partial charge in [-0.15, -0.1) is 0 Å². The molecule has 0 fully saturated rings. The SMILES string of the molecule is NC(=NO)c1cc(F)ccc1Oc1ccc2c(c1)CCC2. The van der Waals surface area contributed by atoms with Crippen LogP contribution in [-0.4, -0.2) is 11.0 Å². The number of fused-ring (bicyclic) bond motifs is 1. The zero-order valence-corrected chi connectivity index (χ0v) is 11.3. The largest absolute Gasteiger partial charge is 0.457 e. The molecule has 0 radical (unpaired) electrons. The Hall–Kier alpha value is -2.56. The molecule has 1 aliphatic carbocycles. The number of benzene rings is 2. The molecular formula is C16H15FN2O2. The minimum atomic E-state index is -0.474. The fourth-order valence-electron chi connectivity index (χ4n) is 2.58. The van der Waals surface area contributed by atoms with Gasteiger partial charge in [-0.05, 0) is 60.7 Å². The van der Waals surface area contributed by atoms with Crippen molar-refractivity contribution in [2.24, 2.45) is 10.9 Å². The van der Waals surface area contributed by atoms with Crippen molar-refractivity contribution in [1.82, 2.24) is 0 Å². The highest BCUT2D eigenvalue weighted by molar-refractivity contribution is 5.99. The van der Waals surface area contributed by atoms with Crippen molar-refractivity contribution in [2.45, 2.75) is 19.3 Å². The van der Waals surface area contributed by atoms with Gasteiger partial charge < -0.3 is 15.7 Å². The Balaban J connectivity index is 1.94. The second-order valence-corrected chi connectivity index (χ2v) is 5.01. The number of nitrogens with zero attached hydrogens (tertiary/aromatic N) is 1. The third-order valence-electron chi connectivity index (χ3n) is 3.62. The first-order valence-corrected chi connectivity index (χ1v) is 6.74. The van der Waals surface area contributed by atoms with Crippen LogP contribution in [0.15, 0.2) is 41.6 Å². The first-order chi connectivity index (χ1) is 10.2. The average molecular weight is 286 g/mol. The van der Waals surface area contributed by atoms with E-state index >= 15 is 0 Å². The van der Waals surface area contributed by atoms with Gasteiger partial charge in [-0.2, -0.15) is 0 Å². The second-order valence-electron chi connectivity index (χ2n) is 5.01. The topological polar surface area (TPSA) is 67.8 Å². The van der Waals surface area contributed by atoms with E-state index in [1.807, 2.05) is 18.2 Å². The normalized spacial score (nSPS) is 14.0. The summed E-state index contributed by atoms with van der Waals surface area (Å²) < 4.78 is 19.1. The van der Waals surface area contributed by atoms with Gasteiger partial charge in [-0.25, -0.2) is 4.39 Å². The second kappa shape index (κ2) is 5.44. The number of oxime groups is 1. The molecular weight excluding hydrogens is 271 g/mol. The quantitative estimate of drug-likeness (QED) is 0.394. The van der Waals surface area contributed by atoms with Gasteiger partial charge in [0, 0.05) is 0 Å². The van der Waals surface area contributed by atoms with E-state index < -0.39 is 5.82 Å². The van der Waals surface area contributed by atoms with Gasteiger partial charge in [0.05, 0.1) is 5.56 Å². The molecule has 0 unspecified atom stereocenters. The van der Waals surface area contributed by atoms with Crippen molar-refractivity contribution in [1.29, 1.82) is 0 Å². The Morgan fingerprint density at radius 2 is 1.95 bits per heavy atom. The molecule has 0 atom stereocenters. The predicted octanol–water partition coefficient (Wildman–Crippen LogP) is 3.20.